The van der Waals surface area contributed by atoms with Crippen molar-refractivity contribution in [3.8, 4) is 0 Å². The first-order chi connectivity index (χ1) is 6.20. The van der Waals surface area contributed by atoms with Gasteiger partial charge >= 0.3 is 0 Å². The fourth-order valence-electron chi connectivity index (χ4n) is 3.41. The quantitative estimate of drug-likeness (QED) is 0.675. The second-order valence-corrected chi connectivity index (χ2v) is 4.81. The van der Waals surface area contributed by atoms with E-state index in [2.05, 4.69) is 6.92 Å². The average Bonchev–Trinajstić information content (AvgIpc) is 2.67. The molecule has 2 aliphatic carbocycles. The van der Waals surface area contributed by atoms with Gasteiger partial charge in [0.05, 0.1) is 12.2 Å². The highest BCUT2D eigenvalue weighted by molar-refractivity contribution is 5.03. The molecule has 2 saturated carbocycles. The van der Waals surface area contributed by atoms with Crippen LogP contribution >= 0.6 is 0 Å². The van der Waals surface area contributed by atoms with Crippen LogP contribution in [0.5, 0.6) is 0 Å². The van der Waals surface area contributed by atoms with Gasteiger partial charge in [0.15, 0.2) is 0 Å². The van der Waals surface area contributed by atoms with E-state index in [0.29, 0.717) is 12.0 Å². The average molecular weight is 184 g/mol. The van der Waals surface area contributed by atoms with Crippen molar-refractivity contribution in [1.29, 1.82) is 0 Å². The maximum absolute atomic E-state index is 10.2. The molecular weight excluding hydrogens is 164 g/mol. The molecule has 13 heavy (non-hydrogen) atoms. The van der Waals surface area contributed by atoms with E-state index in [1.165, 1.54) is 12.8 Å². The van der Waals surface area contributed by atoms with Crippen LogP contribution in [-0.2, 0) is 4.74 Å². The van der Waals surface area contributed by atoms with E-state index >= 15 is 0 Å². The van der Waals surface area contributed by atoms with Crippen LogP contribution in [0, 0.1) is 11.3 Å². The summed E-state index contributed by atoms with van der Waals surface area (Å²) in [6.45, 7) is 2.16. The molecule has 0 radical (unpaired) electrons. The number of hydrogen-bond donors (Lipinski definition) is 1. The molecule has 0 aromatic heterocycles. The van der Waals surface area contributed by atoms with Crippen molar-refractivity contribution < 1.29 is 9.84 Å². The van der Waals surface area contributed by atoms with Crippen LogP contribution in [0.2, 0.25) is 0 Å². The van der Waals surface area contributed by atoms with E-state index in [1.807, 2.05) is 0 Å². The van der Waals surface area contributed by atoms with Crippen molar-refractivity contribution in [3.63, 3.8) is 0 Å². The normalized spacial score (nSPS) is 50.5. The Morgan fingerprint density at radius 3 is 2.62 bits per heavy atom. The van der Waals surface area contributed by atoms with Crippen molar-refractivity contribution >= 4 is 0 Å². The van der Waals surface area contributed by atoms with E-state index in [1.54, 1.807) is 7.11 Å². The molecule has 2 nitrogen and oxygen atoms in total. The Kier molecular flexibility index (Phi) is 2.37. The Morgan fingerprint density at radius 2 is 2.08 bits per heavy atom. The van der Waals surface area contributed by atoms with Crippen LogP contribution < -0.4 is 0 Å². The van der Waals surface area contributed by atoms with Gasteiger partial charge in [-0.05, 0) is 31.6 Å². The smallest absolute Gasteiger partial charge is 0.0652 e. The van der Waals surface area contributed by atoms with Crippen LogP contribution in [0.1, 0.15) is 39.0 Å². The third-order valence-corrected chi connectivity index (χ3v) is 4.23. The Balaban J connectivity index is 2.19. The van der Waals surface area contributed by atoms with E-state index in [-0.39, 0.29) is 11.5 Å². The lowest BCUT2D eigenvalue weighted by Crippen LogP contribution is -2.40. The molecule has 0 amide bonds. The molecule has 76 valence electrons. The maximum Gasteiger partial charge on any atom is 0.0652 e. The molecule has 2 aliphatic rings. The van der Waals surface area contributed by atoms with Gasteiger partial charge in [0, 0.05) is 12.5 Å². The monoisotopic (exact) mass is 184 g/mol. The Hall–Kier alpha value is -0.0800. The van der Waals surface area contributed by atoms with Crippen LogP contribution in [0.4, 0.5) is 0 Å². The summed E-state index contributed by atoms with van der Waals surface area (Å²) >= 11 is 0. The minimum absolute atomic E-state index is 0.119. The number of methoxy groups -OCH3 is 1. The van der Waals surface area contributed by atoms with Crippen molar-refractivity contribution in [2.24, 2.45) is 11.3 Å². The van der Waals surface area contributed by atoms with Crippen molar-refractivity contribution in [2.45, 2.75) is 51.2 Å². The number of hydrogen-bond acceptors (Lipinski definition) is 2. The van der Waals surface area contributed by atoms with E-state index < -0.39 is 0 Å². The highest BCUT2D eigenvalue weighted by Gasteiger charge is 2.53. The molecule has 0 aromatic carbocycles. The van der Waals surface area contributed by atoms with Gasteiger partial charge in [-0.2, -0.15) is 0 Å². The van der Waals surface area contributed by atoms with Crippen LogP contribution in [0.15, 0.2) is 0 Å². The van der Waals surface area contributed by atoms with Gasteiger partial charge in [-0.15, -0.1) is 0 Å². The summed E-state index contributed by atoms with van der Waals surface area (Å²) in [7, 11) is 1.79. The van der Waals surface area contributed by atoms with E-state index in [4.69, 9.17) is 4.74 Å². The lowest BCUT2D eigenvalue weighted by atomic mass is 9.79. The van der Waals surface area contributed by atoms with Gasteiger partial charge in [0.2, 0.25) is 0 Å². The molecule has 0 saturated heterocycles. The first-order valence-electron chi connectivity index (χ1n) is 5.41. The fraction of sp³-hybridized carbons (Fsp3) is 1.00. The summed E-state index contributed by atoms with van der Waals surface area (Å²) in [4.78, 5) is 0. The first-order valence-corrected chi connectivity index (χ1v) is 5.41. The summed E-state index contributed by atoms with van der Waals surface area (Å²) in [5.74, 6) is 0.468. The third kappa shape index (κ3) is 1.23. The van der Waals surface area contributed by atoms with Crippen LogP contribution in [0.3, 0.4) is 0 Å². The topological polar surface area (TPSA) is 29.5 Å². The van der Waals surface area contributed by atoms with Gasteiger partial charge in [-0.25, -0.2) is 0 Å². The van der Waals surface area contributed by atoms with E-state index in [9.17, 15) is 5.11 Å². The predicted molar refractivity (Wildman–Crippen MR) is 51.5 cm³/mol. The molecule has 2 rings (SSSR count). The minimum Gasteiger partial charge on any atom is -0.392 e. The zero-order valence-corrected chi connectivity index (χ0v) is 8.62. The maximum atomic E-state index is 10.2. The summed E-state index contributed by atoms with van der Waals surface area (Å²) < 4.78 is 5.51. The fourth-order valence-corrected chi connectivity index (χ4v) is 3.41. The summed E-state index contributed by atoms with van der Waals surface area (Å²) in [5, 5.41) is 10.2. The Morgan fingerprint density at radius 1 is 1.31 bits per heavy atom. The SMILES string of the molecule is CO[C@@H]1CCC[C@]12CCC(C)C2O. The second kappa shape index (κ2) is 3.25. The third-order valence-electron chi connectivity index (χ3n) is 4.23. The molecule has 2 unspecified atom stereocenters. The van der Waals surface area contributed by atoms with Gasteiger partial charge in [0.1, 0.15) is 0 Å². The predicted octanol–water partition coefficient (Wildman–Crippen LogP) is 1.96. The Bertz CT molecular complexity index is 189. The van der Waals surface area contributed by atoms with Gasteiger partial charge in [0.25, 0.3) is 0 Å². The highest BCUT2D eigenvalue weighted by Crippen LogP contribution is 2.53. The van der Waals surface area contributed by atoms with Crippen molar-refractivity contribution in [2.75, 3.05) is 7.11 Å². The number of aliphatic hydroxyl groups is 1. The zero-order valence-electron chi connectivity index (χ0n) is 8.62. The number of ether oxygens (including phenoxy) is 1. The molecule has 0 bridgehead atoms. The molecule has 1 N–H and O–H groups in total. The van der Waals surface area contributed by atoms with Crippen LogP contribution in [0.25, 0.3) is 0 Å². The summed E-state index contributed by atoms with van der Waals surface area (Å²) in [6, 6.07) is 0. The molecule has 0 aromatic rings. The first kappa shape index (κ1) is 9.47. The van der Waals surface area contributed by atoms with Gasteiger partial charge in [-0.1, -0.05) is 13.3 Å². The summed E-state index contributed by atoms with van der Waals surface area (Å²) in [6.07, 6.45) is 6.04. The molecule has 0 heterocycles. The number of aliphatic hydroxyl groups excluding tert-OH is 1. The zero-order chi connectivity index (χ0) is 9.47. The molecule has 4 atom stereocenters. The molecule has 0 aliphatic heterocycles. The Labute approximate surface area is 80.3 Å². The molecule has 2 fully saturated rings. The largest absolute Gasteiger partial charge is 0.392 e. The van der Waals surface area contributed by atoms with Gasteiger partial charge in [-0.3, -0.25) is 0 Å². The number of rotatable bonds is 1. The van der Waals surface area contributed by atoms with Crippen molar-refractivity contribution in [1.82, 2.24) is 0 Å². The molecule has 2 heteroatoms. The highest BCUT2D eigenvalue weighted by atomic mass is 16.5. The lowest BCUT2D eigenvalue weighted by Gasteiger charge is -2.34. The van der Waals surface area contributed by atoms with Gasteiger partial charge < -0.3 is 9.84 Å². The minimum atomic E-state index is -0.125. The second-order valence-electron chi connectivity index (χ2n) is 4.81. The lowest BCUT2D eigenvalue weighted by molar-refractivity contribution is -0.0617. The molecular formula is C11H20O2. The molecule has 1 spiro atoms. The van der Waals surface area contributed by atoms with Crippen molar-refractivity contribution in [3.05, 3.63) is 0 Å². The standard InChI is InChI=1S/C11H20O2/c1-8-5-7-11(10(8)12)6-3-4-9(11)13-2/h8-10,12H,3-7H2,1-2H3/t8?,9-,10?,11+/m1/s1. The van der Waals surface area contributed by atoms with E-state index in [0.717, 1.165) is 19.3 Å². The summed E-state index contributed by atoms with van der Waals surface area (Å²) in [5.41, 5.74) is 0.119. The van der Waals surface area contributed by atoms with Crippen LogP contribution in [-0.4, -0.2) is 24.4 Å².